The van der Waals surface area contributed by atoms with E-state index < -0.39 is 0 Å². The first-order chi connectivity index (χ1) is 13.6. The lowest BCUT2D eigenvalue weighted by Gasteiger charge is -2.22. The van der Waals surface area contributed by atoms with E-state index >= 15 is 0 Å². The number of thioether (sulfide) groups is 2. The fraction of sp³-hybridized carbons (Fsp3) is 0.286. The van der Waals surface area contributed by atoms with Gasteiger partial charge >= 0.3 is 0 Å². The van der Waals surface area contributed by atoms with Crippen LogP contribution >= 0.6 is 23.5 Å². The van der Waals surface area contributed by atoms with Gasteiger partial charge in [0.1, 0.15) is 5.82 Å². The van der Waals surface area contributed by atoms with Gasteiger partial charge in [-0.15, -0.1) is 22.0 Å². The van der Waals surface area contributed by atoms with E-state index in [2.05, 4.69) is 23.2 Å². The molecule has 0 unspecified atom stereocenters. The van der Waals surface area contributed by atoms with Gasteiger partial charge < -0.3 is 4.90 Å². The van der Waals surface area contributed by atoms with E-state index in [1.807, 2.05) is 76.7 Å². The smallest absolute Gasteiger partial charge is 0.237 e. The molecule has 4 rings (SSSR count). The van der Waals surface area contributed by atoms with Crippen molar-refractivity contribution in [3.8, 4) is 5.69 Å². The maximum atomic E-state index is 13.1. The highest BCUT2D eigenvalue weighted by molar-refractivity contribution is 8.00. The minimum absolute atomic E-state index is 0.104. The van der Waals surface area contributed by atoms with Crippen LogP contribution in [0.15, 0.2) is 64.6 Å². The molecule has 1 aromatic heterocycles. The third kappa shape index (κ3) is 3.95. The summed E-state index contributed by atoms with van der Waals surface area (Å²) in [6.07, 6.45) is 0.981. The lowest BCUT2D eigenvalue weighted by molar-refractivity contribution is -0.116. The zero-order valence-corrected chi connectivity index (χ0v) is 17.5. The molecule has 2 heterocycles. The molecule has 0 saturated carbocycles. The standard InChI is InChI=1S/C21H22N4OS2/c1-15-12-13-24(18-10-6-7-11-19(18)28-15)20(26)14-27-21-23-22-16(2)25(21)17-8-4-3-5-9-17/h3-11,15H,12-14H2,1-2H3/t15-/m1/s1. The van der Waals surface area contributed by atoms with Crippen molar-refractivity contribution in [3.63, 3.8) is 0 Å². The molecule has 1 aliphatic heterocycles. The number of nitrogens with zero attached hydrogens (tertiary/aromatic N) is 4. The number of benzene rings is 2. The fourth-order valence-electron chi connectivity index (χ4n) is 3.26. The molecular weight excluding hydrogens is 388 g/mol. The highest BCUT2D eigenvalue weighted by atomic mass is 32.2. The van der Waals surface area contributed by atoms with Gasteiger partial charge in [0, 0.05) is 22.4 Å². The molecule has 3 aromatic rings. The average molecular weight is 411 g/mol. The third-order valence-electron chi connectivity index (χ3n) is 4.68. The zero-order chi connectivity index (χ0) is 19.5. The van der Waals surface area contributed by atoms with Crippen LogP contribution in [0, 0.1) is 6.92 Å². The second kappa shape index (κ2) is 8.41. The fourth-order valence-corrected chi connectivity index (χ4v) is 5.25. The Morgan fingerprint density at radius 1 is 1.14 bits per heavy atom. The molecule has 0 fully saturated rings. The Bertz CT molecular complexity index is 974. The number of rotatable bonds is 4. The predicted molar refractivity (Wildman–Crippen MR) is 116 cm³/mol. The highest BCUT2D eigenvalue weighted by Gasteiger charge is 2.24. The van der Waals surface area contributed by atoms with Crippen LogP contribution in [0.4, 0.5) is 5.69 Å². The first-order valence-corrected chi connectivity index (χ1v) is 11.2. The van der Waals surface area contributed by atoms with Gasteiger partial charge in [-0.1, -0.05) is 49.0 Å². The Hall–Kier alpha value is -2.25. The van der Waals surface area contributed by atoms with Crippen molar-refractivity contribution in [1.82, 2.24) is 14.8 Å². The molecule has 7 heteroatoms. The monoisotopic (exact) mass is 410 g/mol. The van der Waals surface area contributed by atoms with Crippen LogP contribution in [0.25, 0.3) is 5.69 Å². The van der Waals surface area contributed by atoms with Crippen LogP contribution in [0.1, 0.15) is 19.2 Å². The van der Waals surface area contributed by atoms with Gasteiger partial charge in [0.15, 0.2) is 5.16 Å². The summed E-state index contributed by atoms with van der Waals surface area (Å²) in [5.41, 5.74) is 2.02. The molecular formula is C21H22N4OS2. The number of para-hydroxylation sites is 2. The number of carbonyl (C=O) groups is 1. The third-order valence-corrected chi connectivity index (χ3v) is 6.83. The summed E-state index contributed by atoms with van der Waals surface area (Å²) >= 11 is 3.28. The number of aryl methyl sites for hydroxylation is 1. The second-order valence-electron chi connectivity index (χ2n) is 6.72. The molecule has 0 aliphatic carbocycles. The highest BCUT2D eigenvalue weighted by Crippen LogP contribution is 2.37. The molecule has 0 radical (unpaired) electrons. The normalized spacial score (nSPS) is 16.5. The Morgan fingerprint density at radius 2 is 1.89 bits per heavy atom. The topological polar surface area (TPSA) is 51.0 Å². The number of anilines is 1. The van der Waals surface area contributed by atoms with Crippen molar-refractivity contribution in [1.29, 1.82) is 0 Å². The van der Waals surface area contributed by atoms with Crippen LogP contribution in [-0.2, 0) is 4.79 Å². The van der Waals surface area contributed by atoms with E-state index in [0.717, 1.165) is 35.3 Å². The van der Waals surface area contributed by atoms with Gasteiger partial charge in [0.2, 0.25) is 5.91 Å². The lowest BCUT2D eigenvalue weighted by Crippen LogP contribution is -2.33. The van der Waals surface area contributed by atoms with Gasteiger partial charge in [0.25, 0.3) is 0 Å². The van der Waals surface area contributed by atoms with Crippen molar-refractivity contribution >= 4 is 35.1 Å². The van der Waals surface area contributed by atoms with Crippen molar-refractivity contribution < 1.29 is 4.79 Å². The van der Waals surface area contributed by atoms with Crippen molar-refractivity contribution in [2.45, 2.75) is 35.6 Å². The van der Waals surface area contributed by atoms with Crippen LogP contribution in [0.5, 0.6) is 0 Å². The number of hydrogen-bond donors (Lipinski definition) is 0. The Kier molecular flexibility index (Phi) is 5.73. The molecule has 2 aromatic carbocycles. The molecule has 1 atom stereocenters. The maximum absolute atomic E-state index is 13.1. The quantitative estimate of drug-likeness (QED) is 0.589. The molecule has 0 saturated heterocycles. The lowest BCUT2D eigenvalue weighted by atomic mass is 10.2. The SMILES string of the molecule is Cc1nnc(SCC(=O)N2CC[C@@H](C)Sc3ccccc32)n1-c1ccccc1. The van der Waals surface area contributed by atoms with Gasteiger partial charge in [0.05, 0.1) is 11.4 Å². The number of hydrogen-bond acceptors (Lipinski definition) is 5. The molecule has 1 aliphatic rings. The van der Waals surface area contributed by atoms with Crippen molar-refractivity contribution in [2.24, 2.45) is 0 Å². The van der Waals surface area contributed by atoms with Crippen molar-refractivity contribution in [3.05, 3.63) is 60.4 Å². The average Bonchev–Trinajstić information content (AvgIpc) is 2.99. The van der Waals surface area contributed by atoms with E-state index in [4.69, 9.17) is 0 Å². The molecule has 1 amide bonds. The van der Waals surface area contributed by atoms with Crippen LogP contribution in [-0.4, -0.2) is 38.2 Å². The Labute approximate surface area is 173 Å². The van der Waals surface area contributed by atoms with E-state index in [-0.39, 0.29) is 5.91 Å². The number of carbonyl (C=O) groups excluding carboxylic acids is 1. The second-order valence-corrected chi connectivity index (χ2v) is 9.14. The van der Waals surface area contributed by atoms with Crippen LogP contribution in [0.2, 0.25) is 0 Å². The summed E-state index contributed by atoms with van der Waals surface area (Å²) in [4.78, 5) is 16.2. The zero-order valence-electron chi connectivity index (χ0n) is 15.9. The summed E-state index contributed by atoms with van der Waals surface area (Å²) in [6.45, 7) is 4.89. The molecule has 0 bridgehead atoms. The van der Waals surface area contributed by atoms with E-state index in [1.54, 1.807) is 0 Å². The van der Waals surface area contributed by atoms with Gasteiger partial charge in [-0.3, -0.25) is 9.36 Å². The van der Waals surface area contributed by atoms with E-state index in [1.165, 1.54) is 16.7 Å². The molecule has 28 heavy (non-hydrogen) atoms. The summed E-state index contributed by atoms with van der Waals surface area (Å²) in [5, 5.41) is 9.73. The summed E-state index contributed by atoms with van der Waals surface area (Å²) < 4.78 is 1.99. The molecule has 5 nitrogen and oxygen atoms in total. The largest absolute Gasteiger partial charge is 0.311 e. The minimum Gasteiger partial charge on any atom is -0.311 e. The Balaban J connectivity index is 1.53. The van der Waals surface area contributed by atoms with Crippen LogP contribution in [0.3, 0.4) is 0 Å². The minimum atomic E-state index is 0.104. The van der Waals surface area contributed by atoms with Gasteiger partial charge in [-0.2, -0.15) is 0 Å². The van der Waals surface area contributed by atoms with E-state index in [9.17, 15) is 4.79 Å². The number of fused-ring (bicyclic) bond motifs is 1. The molecule has 0 N–H and O–H groups in total. The summed E-state index contributed by atoms with van der Waals surface area (Å²) in [6, 6.07) is 18.2. The number of aromatic nitrogens is 3. The Morgan fingerprint density at radius 3 is 2.71 bits per heavy atom. The van der Waals surface area contributed by atoms with Gasteiger partial charge in [-0.25, -0.2) is 0 Å². The van der Waals surface area contributed by atoms with Crippen LogP contribution < -0.4 is 4.90 Å². The number of amides is 1. The van der Waals surface area contributed by atoms with Gasteiger partial charge in [-0.05, 0) is 37.6 Å². The molecule has 144 valence electrons. The summed E-state index contributed by atoms with van der Waals surface area (Å²) in [7, 11) is 0. The van der Waals surface area contributed by atoms with Crippen molar-refractivity contribution in [2.75, 3.05) is 17.2 Å². The van der Waals surface area contributed by atoms with E-state index in [0.29, 0.717) is 11.0 Å². The predicted octanol–water partition coefficient (Wildman–Crippen LogP) is 4.59. The first-order valence-electron chi connectivity index (χ1n) is 9.30. The first kappa shape index (κ1) is 19.1. The summed E-state index contributed by atoms with van der Waals surface area (Å²) in [5.74, 6) is 1.25. The maximum Gasteiger partial charge on any atom is 0.237 e. The molecule has 0 spiro atoms.